The van der Waals surface area contributed by atoms with Gasteiger partial charge in [-0.3, -0.25) is 9.69 Å². The molecule has 2 aliphatic carbocycles. The molecule has 1 N–H and O–H groups in total. The molecule has 1 saturated carbocycles. The lowest BCUT2D eigenvalue weighted by molar-refractivity contribution is -0.122. The molecule has 2 aliphatic rings. The third kappa shape index (κ3) is 4.96. The Hall–Kier alpha value is -1.13. The van der Waals surface area contributed by atoms with E-state index in [0.717, 1.165) is 19.5 Å². The van der Waals surface area contributed by atoms with Crippen molar-refractivity contribution in [2.24, 2.45) is 0 Å². The van der Waals surface area contributed by atoms with Crippen LogP contribution in [0.3, 0.4) is 0 Å². The Labute approximate surface area is 137 Å². The number of amides is 1. The minimum Gasteiger partial charge on any atom is -0.355 e. The zero-order chi connectivity index (χ0) is 15.2. The molecule has 1 aromatic rings. The van der Waals surface area contributed by atoms with Crippen molar-refractivity contribution in [2.45, 2.75) is 57.5 Å². The van der Waals surface area contributed by atoms with E-state index in [0.29, 0.717) is 12.6 Å². The molecule has 0 unspecified atom stereocenters. The molecule has 1 amide bonds. The van der Waals surface area contributed by atoms with E-state index < -0.39 is 0 Å². The summed E-state index contributed by atoms with van der Waals surface area (Å²) in [6, 6.07) is 4.87. The van der Waals surface area contributed by atoms with Gasteiger partial charge in [-0.1, -0.05) is 17.7 Å². The lowest BCUT2D eigenvalue weighted by Gasteiger charge is -2.21. The number of allylic oxidation sites excluding steroid dienone is 1. The molecule has 3 rings (SSSR count). The van der Waals surface area contributed by atoms with E-state index in [2.05, 4.69) is 33.8 Å². The first-order valence-electron chi connectivity index (χ1n) is 8.52. The number of rotatable bonds is 8. The van der Waals surface area contributed by atoms with Crippen LogP contribution in [0.2, 0.25) is 0 Å². The highest BCUT2D eigenvalue weighted by atomic mass is 32.1. The van der Waals surface area contributed by atoms with Crippen LogP contribution in [0, 0.1) is 0 Å². The number of nitrogens with zero attached hydrogens (tertiary/aromatic N) is 1. The topological polar surface area (TPSA) is 32.3 Å². The predicted molar refractivity (Wildman–Crippen MR) is 91.9 cm³/mol. The van der Waals surface area contributed by atoms with Gasteiger partial charge in [-0.2, -0.15) is 0 Å². The van der Waals surface area contributed by atoms with Crippen molar-refractivity contribution in [2.75, 3.05) is 13.1 Å². The smallest absolute Gasteiger partial charge is 0.234 e. The highest BCUT2D eigenvalue weighted by molar-refractivity contribution is 7.09. The first-order chi connectivity index (χ1) is 10.8. The molecule has 0 atom stereocenters. The average molecular weight is 318 g/mol. The van der Waals surface area contributed by atoms with Gasteiger partial charge in [-0.25, -0.2) is 0 Å². The number of carbonyl (C=O) groups is 1. The van der Waals surface area contributed by atoms with E-state index in [1.807, 2.05) is 0 Å². The fraction of sp³-hybridized carbons (Fsp3) is 0.611. The van der Waals surface area contributed by atoms with Crippen LogP contribution in [0.25, 0.3) is 0 Å². The standard InChI is InChI=1S/C18H26N2OS/c21-18(19-11-10-15-5-2-1-3-6-15)14-20(16-8-9-16)13-17-7-4-12-22-17/h4-5,7,12,16H,1-3,6,8-11,13-14H2,(H,19,21). The molecular formula is C18H26N2OS. The quantitative estimate of drug-likeness (QED) is 0.741. The highest BCUT2D eigenvalue weighted by Gasteiger charge is 2.30. The first-order valence-corrected chi connectivity index (χ1v) is 9.40. The Morgan fingerprint density at radius 1 is 1.36 bits per heavy atom. The van der Waals surface area contributed by atoms with Crippen LogP contribution in [0.4, 0.5) is 0 Å². The summed E-state index contributed by atoms with van der Waals surface area (Å²) in [6.07, 6.45) is 11.0. The molecule has 120 valence electrons. The third-order valence-electron chi connectivity index (χ3n) is 4.50. The number of hydrogen-bond acceptors (Lipinski definition) is 3. The lowest BCUT2D eigenvalue weighted by Crippen LogP contribution is -2.38. The molecule has 1 aromatic heterocycles. The summed E-state index contributed by atoms with van der Waals surface area (Å²) in [5.41, 5.74) is 1.53. The summed E-state index contributed by atoms with van der Waals surface area (Å²) >= 11 is 1.78. The van der Waals surface area contributed by atoms with E-state index in [-0.39, 0.29) is 5.91 Å². The van der Waals surface area contributed by atoms with Crippen LogP contribution >= 0.6 is 11.3 Å². The maximum Gasteiger partial charge on any atom is 0.234 e. The fourth-order valence-electron chi connectivity index (χ4n) is 3.09. The van der Waals surface area contributed by atoms with Gasteiger partial charge < -0.3 is 5.32 Å². The molecule has 1 fully saturated rings. The summed E-state index contributed by atoms with van der Waals surface area (Å²) in [6.45, 7) is 2.25. The largest absolute Gasteiger partial charge is 0.355 e. The predicted octanol–water partition coefficient (Wildman–Crippen LogP) is 3.72. The second-order valence-electron chi connectivity index (χ2n) is 6.42. The minimum atomic E-state index is 0.180. The van der Waals surface area contributed by atoms with Gasteiger partial charge in [-0.05, 0) is 56.4 Å². The summed E-state index contributed by atoms with van der Waals surface area (Å²) in [5.74, 6) is 0.180. The molecule has 0 radical (unpaired) electrons. The second kappa shape index (κ2) is 7.93. The van der Waals surface area contributed by atoms with Gasteiger partial charge in [0.2, 0.25) is 5.91 Å². The Balaban J connectivity index is 1.40. The van der Waals surface area contributed by atoms with E-state index in [1.54, 1.807) is 11.3 Å². The SMILES string of the molecule is O=C(CN(Cc1cccs1)C1CC1)NCCC1=CCCCC1. The number of nitrogens with one attached hydrogen (secondary N) is 1. The van der Waals surface area contributed by atoms with Gasteiger partial charge in [-0.15, -0.1) is 11.3 Å². The Kier molecular flexibility index (Phi) is 5.68. The maximum atomic E-state index is 12.2. The van der Waals surface area contributed by atoms with Gasteiger partial charge in [0.05, 0.1) is 6.54 Å². The Bertz CT molecular complexity index is 505. The van der Waals surface area contributed by atoms with Crippen LogP contribution in [0.15, 0.2) is 29.2 Å². The highest BCUT2D eigenvalue weighted by Crippen LogP contribution is 2.28. The van der Waals surface area contributed by atoms with Crippen LogP contribution in [0.5, 0.6) is 0 Å². The first kappa shape index (κ1) is 15.8. The molecule has 0 aliphatic heterocycles. The number of hydrogen-bond donors (Lipinski definition) is 1. The molecular weight excluding hydrogens is 292 g/mol. The molecule has 0 aromatic carbocycles. The molecule has 0 saturated heterocycles. The zero-order valence-electron chi connectivity index (χ0n) is 13.2. The molecule has 0 bridgehead atoms. The summed E-state index contributed by atoms with van der Waals surface area (Å²) in [5, 5.41) is 5.21. The van der Waals surface area contributed by atoms with Gasteiger partial charge in [0.1, 0.15) is 0 Å². The fourth-order valence-corrected chi connectivity index (χ4v) is 3.82. The van der Waals surface area contributed by atoms with Gasteiger partial charge in [0, 0.05) is 24.0 Å². The second-order valence-corrected chi connectivity index (χ2v) is 7.46. The van der Waals surface area contributed by atoms with Crippen molar-refractivity contribution in [3.8, 4) is 0 Å². The average Bonchev–Trinajstić information content (AvgIpc) is 3.26. The summed E-state index contributed by atoms with van der Waals surface area (Å²) in [4.78, 5) is 15.9. The monoisotopic (exact) mass is 318 g/mol. The van der Waals surface area contributed by atoms with E-state index in [1.165, 1.54) is 49.0 Å². The van der Waals surface area contributed by atoms with Gasteiger partial charge in [0.25, 0.3) is 0 Å². The van der Waals surface area contributed by atoms with E-state index >= 15 is 0 Å². The summed E-state index contributed by atoms with van der Waals surface area (Å²) < 4.78 is 0. The van der Waals surface area contributed by atoms with Crippen molar-refractivity contribution in [3.05, 3.63) is 34.0 Å². The maximum absolute atomic E-state index is 12.2. The Morgan fingerprint density at radius 3 is 2.95 bits per heavy atom. The molecule has 1 heterocycles. The van der Waals surface area contributed by atoms with Crippen molar-refractivity contribution >= 4 is 17.2 Å². The van der Waals surface area contributed by atoms with Crippen molar-refractivity contribution in [1.82, 2.24) is 10.2 Å². The Morgan fingerprint density at radius 2 is 2.27 bits per heavy atom. The van der Waals surface area contributed by atoms with Crippen LogP contribution < -0.4 is 5.32 Å². The van der Waals surface area contributed by atoms with Crippen LogP contribution in [0.1, 0.15) is 49.8 Å². The minimum absolute atomic E-state index is 0.180. The van der Waals surface area contributed by atoms with E-state index in [9.17, 15) is 4.79 Å². The normalized spacial score (nSPS) is 18.3. The third-order valence-corrected chi connectivity index (χ3v) is 5.36. The van der Waals surface area contributed by atoms with Crippen molar-refractivity contribution in [1.29, 1.82) is 0 Å². The molecule has 22 heavy (non-hydrogen) atoms. The zero-order valence-corrected chi connectivity index (χ0v) is 14.0. The molecule has 4 heteroatoms. The van der Waals surface area contributed by atoms with E-state index in [4.69, 9.17) is 0 Å². The number of carbonyl (C=O) groups excluding carboxylic acids is 1. The molecule has 0 spiro atoms. The van der Waals surface area contributed by atoms with Gasteiger partial charge >= 0.3 is 0 Å². The van der Waals surface area contributed by atoms with Crippen LogP contribution in [-0.4, -0.2) is 29.9 Å². The van der Waals surface area contributed by atoms with Crippen molar-refractivity contribution in [3.63, 3.8) is 0 Å². The lowest BCUT2D eigenvalue weighted by atomic mass is 9.97. The van der Waals surface area contributed by atoms with Gasteiger partial charge in [0.15, 0.2) is 0 Å². The number of thiophene rings is 1. The van der Waals surface area contributed by atoms with Crippen molar-refractivity contribution < 1.29 is 4.79 Å². The molecule has 3 nitrogen and oxygen atoms in total. The van der Waals surface area contributed by atoms with Crippen LogP contribution in [-0.2, 0) is 11.3 Å². The summed E-state index contributed by atoms with van der Waals surface area (Å²) in [7, 11) is 0.